The Bertz CT molecular complexity index is 826. The quantitative estimate of drug-likeness (QED) is 0.802. The van der Waals surface area contributed by atoms with E-state index in [0.717, 1.165) is 43.0 Å². The molecular formula is C19H21N5. The number of nitrogens with zero attached hydrogens (tertiary/aromatic N) is 4. The predicted octanol–water partition coefficient (Wildman–Crippen LogP) is 3.41. The van der Waals surface area contributed by atoms with E-state index < -0.39 is 0 Å². The fourth-order valence-electron chi connectivity index (χ4n) is 3.40. The van der Waals surface area contributed by atoms with Crippen molar-refractivity contribution < 1.29 is 0 Å². The maximum atomic E-state index is 4.65. The van der Waals surface area contributed by atoms with Crippen molar-refractivity contribution in [3.8, 4) is 0 Å². The Morgan fingerprint density at radius 2 is 1.96 bits per heavy atom. The molecule has 0 atom stereocenters. The van der Waals surface area contributed by atoms with E-state index in [1.807, 2.05) is 6.07 Å². The van der Waals surface area contributed by atoms with Gasteiger partial charge in [-0.1, -0.05) is 18.2 Å². The minimum absolute atomic E-state index is 0.463. The molecule has 122 valence electrons. The number of hydrogen-bond donors (Lipinski definition) is 1. The number of nitrogens with one attached hydrogen (secondary N) is 1. The molecule has 0 unspecified atom stereocenters. The van der Waals surface area contributed by atoms with E-state index in [2.05, 4.69) is 62.4 Å². The summed E-state index contributed by atoms with van der Waals surface area (Å²) in [6, 6.07) is 13.0. The summed E-state index contributed by atoms with van der Waals surface area (Å²) >= 11 is 0. The molecule has 0 radical (unpaired) electrons. The van der Waals surface area contributed by atoms with Crippen molar-refractivity contribution in [2.45, 2.75) is 25.8 Å². The lowest BCUT2D eigenvalue weighted by Gasteiger charge is -2.34. The second kappa shape index (κ2) is 6.43. The number of hydrogen-bond acceptors (Lipinski definition) is 5. The molecule has 0 spiro atoms. The van der Waals surface area contributed by atoms with Crippen molar-refractivity contribution in [3.05, 3.63) is 54.6 Å². The zero-order chi connectivity index (χ0) is 16.4. The zero-order valence-electron chi connectivity index (χ0n) is 13.8. The summed E-state index contributed by atoms with van der Waals surface area (Å²) in [5, 5.41) is 4.75. The first-order chi connectivity index (χ1) is 11.8. The van der Waals surface area contributed by atoms with Gasteiger partial charge < -0.3 is 10.2 Å². The fraction of sp³-hybridized carbons (Fsp3) is 0.316. The van der Waals surface area contributed by atoms with E-state index in [0.29, 0.717) is 6.04 Å². The van der Waals surface area contributed by atoms with Gasteiger partial charge in [0.05, 0.1) is 5.52 Å². The van der Waals surface area contributed by atoms with E-state index in [4.69, 9.17) is 0 Å². The van der Waals surface area contributed by atoms with E-state index >= 15 is 0 Å². The molecule has 3 heterocycles. The van der Waals surface area contributed by atoms with Gasteiger partial charge in [-0.15, -0.1) is 0 Å². The van der Waals surface area contributed by atoms with Gasteiger partial charge in [0.15, 0.2) is 0 Å². The van der Waals surface area contributed by atoms with Crippen LogP contribution in [0.2, 0.25) is 0 Å². The molecule has 5 nitrogen and oxygen atoms in total. The van der Waals surface area contributed by atoms with E-state index in [-0.39, 0.29) is 0 Å². The first kappa shape index (κ1) is 14.9. The lowest BCUT2D eigenvalue weighted by molar-refractivity contribution is 0.526. The zero-order valence-corrected chi connectivity index (χ0v) is 13.8. The minimum atomic E-state index is 0.463. The number of piperidine rings is 1. The Labute approximate surface area is 141 Å². The highest BCUT2D eigenvalue weighted by Gasteiger charge is 2.21. The number of aromatic nitrogens is 3. The molecule has 4 rings (SSSR count). The number of pyridine rings is 1. The predicted molar refractivity (Wildman–Crippen MR) is 97.4 cm³/mol. The molecule has 1 aliphatic heterocycles. The van der Waals surface area contributed by atoms with Crippen LogP contribution in [0.5, 0.6) is 0 Å². The normalized spacial score (nSPS) is 15.6. The summed E-state index contributed by atoms with van der Waals surface area (Å²) in [6.07, 6.45) is 5.55. The molecule has 0 saturated carbocycles. The van der Waals surface area contributed by atoms with Crippen LogP contribution in [0.25, 0.3) is 10.9 Å². The van der Waals surface area contributed by atoms with Gasteiger partial charge in [0.2, 0.25) is 0 Å². The lowest BCUT2D eigenvalue weighted by Crippen LogP contribution is -2.39. The van der Waals surface area contributed by atoms with Crippen LogP contribution < -0.4 is 10.2 Å². The van der Waals surface area contributed by atoms with Crippen molar-refractivity contribution in [2.75, 3.05) is 23.3 Å². The van der Waals surface area contributed by atoms with Crippen molar-refractivity contribution in [2.24, 2.45) is 0 Å². The minimum Gasteiger partial charge on any atom is -0.371 e. The molecule has 1 N–H and O–H groups in total. The van der Waals surface area contributed by atoms with Gasteiger partial charge in [-0.05, 0) is 38.0 Å². The van der Waals surface area contributed by atoms with Gasteiger partial charge >= 0.3 is 0 Å². The Morgan fingerprint density at radius 1 is 1.12 bits per heavy atom. The summed E-state index contributed by atoms with van der Waals surface area (Å²) in [4.78, 5) is 15.4. The number of benzene rings is 1. The standard InChI is InChI=1S/C19H21N5/c1-14-12-18(16-4-2-3-5-17(16)22-14)24-10-7-15(8-11-24)23-19-6-9-20-13-21-19/h2-6,9,12-13,15H,7-8,10-11H2,1H3,(H,20,21,23). The van der Waals surface area contributed by atoms with Crippen LogP contribution in [0, 0.1) is 6.92 Å². The number of fused-ring (bicyclic) bond motifs is 1. The third kappa shape index (κ3) is 3.02. The number of rotatable bonds is 3. The van der Waals surface area contributed by atoms with E-state index in [9.17, 15) is 0 Å². The molecule has 1 fully saturated rings. The van der Waals surface area contributed by atoms with Crippen LogP contribution in [0.3, 0.4) is 0 Å². The summed E-state index contributed by atoms with van der Waals surface area (Å²) in [6.45, 7) is 4.14. The second-order valence-corrected chi connectivity index (χ2v) is 6.30. The monoisotopic (exact) mass is 319 g/mol. The van der Waals surface area contributed by atoms with Gasteiger partial charge in [-0.25, -0.2) is 9.97 Å². The van der Waals surface area contributed by atoms with Gasteiger partial charge in [0.25, 0.3) is 0 Å². The smallest absolute Gasteiger partial charge is 0.129 e. The molecule has 5 heteroatoms. The van der Waals surface area contributed by atoms with Crippen LogP contribution in [0.15, 0.2) is 48.9 Å². The first-order valence-corrected chi connectivity index (χ1v) is 8.43. The van der Waals surface area contributed by atoms with Crippen molar-refractivity contribution in [3.63, 3.8) is 0 Å². The molecule has 1 aliphatic rings. The Hall–Kier alpha value is -2.69. The average Bonchev–Trinajstić information content (AvgIpc) is 2.62. The van der Waals surface area contributed by atoms with Gasteiger partial charge in [0.1, 0.15) is 12.1 Å². The van der Waals surface area contributed by atoms with Crippen LogP contribution >= 0.6 is 0 Å². The summed E-state index contributed by atoms with van der Waals surface area (Å²) < 4.78 is 0. The highest BCUT2D eigenvalue weighted by Crippen LogP contribution is 2.29. The summed E-state index contributed by atoms with van der Waals surface area (Å²) in [5.74, 6) is 0.911. The van der Waals surface area contributed by atoms with Crippen molar-refractivity contribution >= 4 is 22.4 Å². The number of anilines is 2. The number of para-hydroxylation sites is 1. The molecular weight excluding hydrogens is 298 g/mol. The Balaban J connectivity index is 1.50. The molecule has 24 heavy (non-hydrogen) atoms. The van der Waals surface area contributed by atoms with Crippen LogP contribution in [0.4, 0.5) is 11.5 Å². The topological polar surface area (TPSA) is 53.9 Å². The van der Waals surface area contributed by atoms with Crippen LogP contribution in [-0.4, -0.2) is 34.1 Å². The largest absolute Gasteiger partial charge is 0.371 e. The Kier molecular flexibility index (Phi) is 3.99. The van der Waals surface area contributed by atoms with Crippen molar-refractivity contribution in [1.82, 2.24) is 15.0 Å². The second-order valence-electron chi connectivity index (χ2n) is 6.30. The molecule has 2 aromatic heterocycles. The van der Waals surface area contributed by atoms with Gasteiger partial charge in [-0.3, -0.25) is 4.98 Å². The summed E-state index contributed by atoms with van der Waals surface area (Å²) in [5.41, 5.74) is 3.46. The lowest BCUT2D eigenvalue weighted by atomic mass is 10.0. The summed E-state index contributed by atoms with van der Waals surface area (Å²) in [7, 11) is 0. The van der Waals surface area contributed by atoms with Crippen molar-refractivity contribution in [1.29, 1.82) is 0 Å². The molecule has 0 bridgehead atoms. The third-order valence-electron chi connectivity index (χ3n) is 4.59. The first-order valence-electron chi connectivity index (χ1n) is 8.43. The highest BCUT2D eigenvalue weighted by molar-refractivity contribution is 5.92. The maximum absolute atomic E-state index is 4.65. The third-order valence-corrected chi connectivity index (χ3v) is 4.59. The molecule has 1 saturated heterocycles. The van der Waals surface area contributed by atoms with Crippen LogP contribution in [-0.2, 0) is 0 Å². The molecule has 0 aliphatic carbocycles. The SMILES string of the molecule is Cc1cc(N2CCC(Nc3ccncn3)CC2)c2ccccc2n1. The number of aryl methyl sites for hydroxylation is 1. The van der Waals surface area contributed by atoms with E-state index in [1.54, 1.807) is 12.5 Å². The van der Waals surface area contributed by atoms with E-state index in [1.165, 1.54) is 11.1 Å². The molecule has 1 aromatic carbocycles. The van der Waals surface area contributed by atoms with Crippen LogP contribution in [0.1, 0.15) is 18.5 Å². The highest BCUT2D eigenvalue weighted by atomic mass is 15.2. The molecule has 3 aromatic rings. The van der Waals surface area contributed by atoms with Gasteiger partial charge in [-0.2, -0.15) is 0 Å². The maximum Gasteiger partial charge on any atom is 0.129 e. The average molecular weight is 319 g/mol. The Morgan fingerprint density at radius 3 is 2.75 bits per heavy atom. The fourth-order valence-corrected chi connectivity index (χ4v) is 3.40. The van der Waals surface area contributed by atoms with Gasteiger partial charge in [0, 0.05) is 42.1 Å². The molecule has 0 amide bonds.